The lowest BCUT2D eigenvalue weighted by atomic mass is 9.87. The first-order chi connectivity index (χ1) is 10.3. The van der Waals surface area contributed by atoms with Crippen molar-refractivity contribution < 1.29 is 4.74 Å². The molecular formula is C16H23N3O2. The summed E-state index contributed by atoms with van der Waals surface area (Å²) in [5.74, 6) is 0.591. The molecule has 0 spiro atoms. The quantitative estimate of drug-likeness (QED) is 0.791. The normalized spacial score (nSPS) is 18.1. The maximum absolute atomic E-state index is 11.4. The Morgan fingerprint density at radius 3 is 2.81 bits per heavy atom. The first-order valence-corrected chi connectivity index (χ1v) is 7.81. The summed E-state index contributed by atoms with van der Waals surface area (Å²) in [5.41, 5.74) is 2.85. The Balaban J connectivity index is 1.89. The number of hydrogen-bond donors (Lipinski definition) is 3. The van der Waals surface area contributed by atoms with E-state index in [9.17, 15) is 4.79 Å². The molecule has 1 atom stereocenters. The van der Waals surface area contributed by atoms with Crippen LogP contribution in [0.25, 0.3) is 11.0 Å². The van der Waals surface area contributed by atoms with E-state index in [1.165, 1.54) is 5.56 Å². The first-order valence-electron chi connectivity index (χ1n) is 7.81. The van der Waals surface area contributed by atoms with Gasteiger partial charge >= 0.3 is 5.69 Å². The van der Waals surface area contributed by atoms with Crippen LogP contribution < -0.4 is 11.0 Å². The molecule has 1 unspecified atom stereocenters. The Labute approximate surface area is 124 Å². The van der Waals surface area contributed by atoms with E-state index in [4.69, 9.17) is 4.74 Å². The number of aromatic amines is 2. The van der Waals surface area contributed by atoms with Gasteiger partial charge in [-0.25, -0.2) is 4.79 Å². The zero-order valence-electron chi connectivity index (χ0n) is 12.4. The van der Waals surface area contributed by atoms with E-state index in [0.717, 1.165) is 50.1 Å². The zero-order valence-corrected chi connectivity index (χ0v) is 12.4. The molecule has 0 aliphatic carbocycles. The monoisotopic (exact) mass is 289 g/mol. The van der Waals surface area contributed by atoms with Crippen LogP contribution in [0.1, 0.15) is 37.8 Å². The number of imidazole rings is 1. The molecule has 0 bridgehead atoms. The second kappa shape index (κ2) is 6.45. The minimum atomic E-state index is -0.147. The van der Waals surface area contributed by atoms with E-state index in [1.54, 1.807) is 0 Å². The minimum Gasteiger partial charge on any atom is -0.381 e. The maximum Gasteiger partial charge on any atom is 0.323 e. The van der Waals surface area contributed by atoms with Crippen LogP contribution in [0.5, 0.6) is 0 Å². The third-order valence-corrected chi connectivity index (χ3v) is 4.25. The van der Waals surface area contributed by atoms with Gasteiger partial charge in [-0.3, -0.25) is 0 Å². The van der Waals surface area contributed by atoms with Crippen molar-refractivity contribution in [1.82, 2.24) is 15.3 Å². The standard InChI is InChI=1S/C16H23N3O2/c1-2-7-17-15(11-5-8-21-9-6-11)12-3-4-13-14(10-12)19-16(20)18-13/h3-4,10-11,15,17H,2,5-9H2,1H3,(H2,18,19,20). The van der Waals surface area contributed by atoms with E-state index in [0.29, 0.717) is 12.0 Å². The number of fused-ring (bicyclic) bond motifs is 1. The van der Waals surface area contributed by atoms with Crippen molar-refractivity contribution >= 4 is 11.0 Å². The van der Waals surface area contributed by atoms with Crippen molar-refractivity contribution in [1.29, 1.82) is 0 Å². The average Bonchev–Trinajstić information content (AvgIpc) is 2.88. The molecule has 3 N–H and O–H groups in total. The molecule has 1 aliphatic heterocycles. The highest BCUT2D eigenvalue weighted by Gasteiger charge is 2.25. The summed E-state index contributed by atoms with van der Waals surface area (Å²) in [6.07, 6.45) is 3.29. The summed E-state index contributed by atoms with van der Waals surface area (Å²) >= 11 is 0. The lowest BCUT2D eigenvalue weighted by Crippen LogP contribution is -2.32. The van der Waals surface area contributed by atoms with Gasteiger partial charge in [0.25, 0.3) is 0 Å². The van der Waals surface area contributed by atoms with E-state index in [2.05, 4.69) is 34.3 Å². The summed E-state index contributed by atoms with van der Waals surface area (Å²) in [4.78, 5) is 17.0. The van der Waals surface area contributed by atoms with Crippen LogP contribution in [0.4, 0.5) is 0 Å². The molecule has 5 heteroatoms. The summed E-state index contributed by atoms with van der Waals surface area (Å²) in [7, 11) is 0. The number of nitrogens with one attached hydrogen (secondary N) is 3. The summed E-state index contributed by atoms with van der Waals surface area (Å²) in [6.45, 7) is 4.88. The predicted octanol–water partition coefficient (Wildman–Crippen LogP) is 2.32. The molecule has 1 aliphatic rings. The molecule has 2 heterocycles. The Bertz CT molecular complexity index is 640. The second-order valence-corrected chi connectivity index (χ2v) is 5.77. The molecule has 114 valence electrons. The van der Waals surface area contributed by atoms with Crippen molar-refractivity contribution in [3.8, 4) is 0 Å². The lowest BCUT2D eigenvalue weighted by molar-refractivity contribution is 0.0536. The highest BCUT2D eigenvalue weighted by Crippen LogP contribution is 2.31. The Hall–Kier alpha value is -1.59. The van der Waals surface area contributed by atoms with Gasteiger partial charge in [-0.05, 0) is 49.4 Å². The fourth-order valence-electron chi connectivity index (χ4n) is 3.15. The van der Waals surface area contributed by atoms with Crippen molar-refractivity contribution in [2.75, 3.05) is 19.8 Å². The lowest BCUT2D eigenvalue weighted by Gasteiger charge is -2.31. The van der Waals surface area contributed by atoms with Gasteiger partial charge in [-0.2, -0.15) is 0 Å². The van der Waals surface area contributed by atoms with Crippen LogP contribution in [0.15, 0.2) is 23.0 Å². The van der Waals surface area contributed by atoms with E-state index in [1.807, 2.05) is 6.07 Å². The van der Waals surface area contributed by atoms with E-state index < -0.39 is 0 Å². The van der Waals surface area contributed by atoms with Gasteiger partial charge in [-0.15, -0.1) is 0 Å². The molecular weight excluding hydrogens is 266 g/mol. The molecule has 2 aromatic rings. The van der Waals surface area contributed by atoms with Crippen molar-refractivity contribution in [2.24, 2.45) is 5.92 Å². The summed E-state index contributed by atoms with van der Waals surface area (Å²) in [6, 6.07) is 6.53. The second-order valence-electron chi connectivity index (χ2n) is 5.77. The van der Waals surface area contributed by atoms with Crippen LogP contribution in [-0.4, -0.2) is 29.7 Å². The number of aromatic nitrogens is 2. The molecule has 1 aromatic carbocycles. The van der Waals surface area contributed by atoms with Crippen LogP contribution >= 0.6 is 0 Å². The van der Waals surface area contributed by atoms with Gasteiger partial charge < -0.3 is 20.0 Å². The Morgan fingerprint density at radius 2 is 2.05 bits per heavy atom. The Kier molecular flexibility index (Phi) is 4.41. The molecule has 1 saturated heterocycles. The molecule has 21 heavy (non-hydrogen) atoms. The van der Waals surface area contributed by atoms with Gasteiger partial charge in [0.15, 0.2) is 0 Å². The number of benzene rings is 1. The van der Waals surface area contributed by atoms with Gasteiger partial charge in [0.2, 0.25) is 0 Å². The fraction of sp³-hybridized carbons (Fsp3) is 0.562. The van der Waals surface area contributed by atoms with Crippen molar-refractivity contribution in [3.05, 3.63) is 34.2 Å². The predicted molar refractivity (Wildman–Crippen MR) is 83.5 cm³/mol. The molecule has 3 rings (SSSR count). The highest BCUT2D eigenvalue weighted by molar-refractivity contribution is 5.75. The van der Waals surface area contributed by atoms with Crippen molar-refractivity contribution in [3.63, 3.8) is 0 Å². The molecule has 1 fully saturated rings. The minimum absolute atomic E-state index is 0.147. The van der Waals surface area contributed by atoms with E-state index in [-0.39, 0.29) is 5.69 Å². The third kappa shape index (κ3) is 3.19. The number of H-pyrrole nitrogens is 2. The van der Waals surface area contributed by atoms with Gasteiger partial charge in [0.05, 0.1) is 11.0 Å². The molecule has 5 nitrogen and oxygen atoms in total. The van der Waals surface area contributed by atoms with Crippen LogP contribution in [-0.2, 0) is 4.74 Å². The van der Waals surface area contributed by atoms with Gasteiger partial charge in [0.1, 0.15) is 0 Å². The van der Waals surface area contributed by atoms with Crippen molar-refractivity contribution in [2.45, 2.75) is 32.2 Å². The molecule has 1 aromatic heterocycles. The topological polar surface area (TPSA) is 69.9 Å². The van der Waals surface area contributed by atoms with Crippen LogP contribution in [0, 0.1) is 5.92 Å². The Morgan fingerprint density at radius 1 is 1.29 bits per heavy atom. The average molecular weight is 289 g/mol. The number of rotatable bonds is 5. The largest absolute Gasteiger partial charge is 0.381 e. The summed E-state index contributed by atoms with van der Waals surface area (Å²) < 4.78 is 5.48. The van der Waals surface area contributed by atoms with Crippen LogP contribution in [0.2, 0.25) is 0 Å². The SMILES string of the molecule is CCCNC(c1ccc2[nH]c(=O)[nH]c2c1)C1CCOCC1. The van der Waals surface area contributed by atoms with Gasteiger partial charge in [-0.1, -0.05) is 13.0 Å². The smallest absolute Gasteiger partial charge is 0.323 e. The molecule has 0 saturated carbocycles. The maximum atomic E-state index is 11.4. The first kappa shape index (κ1) is 14.4. The fourth-order valence-corrected chi connectivity index (χ4v) is 3.15. The highest BCUT2D eigenvalue weighted by atomic mass is 16.5. The molecule has 0 amide bonds. The molecule has 0 radical (unpaired) electrons. The van der Waals surface area contributed by atoms with Crippen LogP contribution in [0.3, 0.4) is 0 Å². The van der Waals surface area contributed by atoms with Gasteiger partial charge in [0, 0.05) is 19.3 Å². The zero-order chi connectivity index (χ0) is 14.7. The van der Waals surface area contributed by atoms with E-state index >= 15 is 0 Å². The summed E-state index contributed by atoms with van der Waals surface area (Å²) in [5, 5.41) is 3.67. The number of hydrogen-bond acceptors (Lipinski definition) is 3. The third-order valence-electron chi connectivity index (χ3n) is 4.25. The number of ether oxygens (including phenoxy) is 1.